The fraction of sp³-hybridized carbons (Fsp3) is 0.957. The first kappa shape index (κ1) is 32.7. The Bertz CT molecular complexity index is 445. The van der Waals surface area contributed by atoms with E-state index >= 15 is 0 Å². The maximum Gasteiger partial charge on any atom is 0.224 e. The Morgan fingerprint density at radius 1 is 0.781 bits per heavy atom. The van der Waals surface area contributed by atoms with Crippen molar-refractivity contribution in [2.24, 2.45) is 0 Å². The van der Waals surface area contributed by atoms with Crippen LogP contribution in [0.1, 0.15) is 130 Å². The molecule has 0 aliphatic heterocycles. The van der Waals surface area contributed by atoms with Gasteiger partial charge in [-0.15, -0.1) is 0 Å². The van der Waals surface area contributed by atoms with Gasteiger partial charge in [-0.05, 0) is 17.7 Å². The van der Waals surface area contributed by atoms with Crippen molar-refractivity contribution < 1.29 is 25.1 Å². The Morgan fingerprint density at radius 3 is 1.47 bits per heavy atom. The Balaban J connectivity index is 0. The summed E-state index contributed by atoms with van der Waals surface area (Å²) in [6.07, 6.45) is 20.0. The van der Waals surface area contributed by atoms with Crippen molar-refractivity contribution in [3.63, 3.8) is 0 Å². The minimum atomic E-state index is -1.75. The molecule has 3 N–H and O–H groups in total. The highest BCUT2D eigenvalue weighted by Crippen LogP contribution is 2.14. The van der Waals surface area contributed by atoms with Gasteiger partial charge in [0.1, 0.15) is 6.54 Å². The predicted molar refractivity (Wildman–Crippen MR) is 127 cm³/mol. The number of nitrogens with one attached hydrogen (secondary N) is 1. The van der Waals surface area contributed by atoms with Gasteiger partial charge in [0, 0.05) is 13.3 Å². The lowest BCUT2D eigenvalue weighted by Crippen LogP contribution is -2.57. The number of carbonyl (C=O) groups excluding carboxylic acids is 1. The Kier molecular flexibility index (Phi) is 23.3. The van der Waals surface area contributed by atoms with Crippen molar-refractivity contribution in [2.45, 2.75) is 136 Å². The summed E-state index contributed by atoms with van der Waals surface area (Å²) in [6, 6.07) is 0. The van der Waals surface area contributed by atoms with E-state index in [0.717, 1.165) is 12.8 Å². The third-order valence-electron chi connectivity index (χ3n) is 5.55. The predicted octanol–water partition coefficient (Wildman–Crippen LogP) is 6.48. The second kappa shape index (κ2) is 22.7. The van der Waals surface area contributed by atoms with E-state index < -0.39 is 16.1 Å². The first-order valence-electron chi connectivity index (χ1n) is 12.6. The molecule has 0 aromatic heterocycles. The van der Waals surface area contributed by atoms with Gasteiger partial charge in [-0.1, -0.05) is 104 Å². The van der Waals surface area contributed by atoms with Crippen molar-refractivity contribution in [2.75, 3.05) is 6.54 Å². The molecule has 192 valence electrons. The van der Waals surface area contributed by atoms with Crippen molar-refractivity contribution in [1.82, 2.24) is 5.32 Å². The lowest BCUT2D eigenvalue weighted by molar-refractivity contribution is -1.26. The summed E-state index contributed by atoms with van der Waals surface area (Å²) in [5, 5.41) is 37.1. The van der Waals surface area contributed by atoms with Gasteiger partial charge in [-0.3, -0.25) is 4.79 Å². The fourth-order valence-electron chi connectivity index (χ4n) is 3.59. The molecule has 0 spiro atoms. The van der Waals surface area contributed by atoms with Crippen molar-refractivity contribution >= 4 is 5.91 Å². The average molecular weight is 464 g/mol. The van der Waals surface area contributed by atoms with Crippen molar-refractivity contribution in [3.05, 3.63) is 15.3 Å². The highest BCUT2D eigenvalue weighted by Gasteiger charge is 2.31. The van der Waals surface area contributed by atoms with Gasteiger partial charge < -0.3 is 20.6 Å². The average Bonchev–Trinajstić information content (AvgIpc) is 2.70. The SMILES string of the molecule is CCCCCCCCCCCCCCCCCC(=O)NC(C)[N+](O)(O)CCC.O=[N+]([O-])[O-]. The molecule has 0 bridgehead atoms. The van der Waals surface area contributed by atoms with Gasteiger partial charge in [0.15, 0.2) is 0 Å². The Hall–Kier alpha value is -1.45. The maximum absolute atomic E-state index is 11.9. The van der Waals surface area contributed by atoms with E-state index in [9.17, 15) is 15.2 Å². The molecule has 9 nitrogen and oxygen atoms in total. The van der Waals surface area contributed by atoms with Crippen LogP contribution in [0.3, 0.4) is 0 Å². The largest absolute Gasteiger partial charge is 0.356 e. The summed E-state index contributed by atoms with van der Waals surface area (Å²) in [5.74, 6) is -0.0936. The molecule has 0 aliphatic rings. The van der Waals surface area contributed by atoms with E-state index in [0.29, 0.717) is 12.8 Å². The quantitative estimate of drug-likeness (QED) is 0.0621. The zero-order valence-electron chi connectivity index (χ0n) is 20.7. The lowest BCUT2D eigenvalue weighted by atomic mass is 10.0. The summed E-state index contributed by atoms with van der Waals surface area (Å²) in [7, 11) is 0. The highest BCUT2D eigenvalue weighted by atomic mass is 16.9. The van der Waals surface area contributed by atoms with Crippen LogP contribution in [0.15, 0.2) is 0 Å². The van der Waals surface area contributed by atoms with Gasteiger partial charge in [-0.25, -0.2) is 0 Å². The molecule has 1 atom stereocenters. The van der Waals surface area contributed by atoms with E-state index in [1.54, 1.807) is 6.92 Å². The van der Waals surface area contributed by atoms with Crippen LogP contribution >= 0.6 is 0 Å². The minimum Gasteiger partial charge on any atom is -0.356 e. The molecule has 0 saturated heterocycles. The number of hydrogen-bond donors (Lipinski definition) is 3. The first-order valence-corrected chi connectivity index (χ1v) is 12.6. The van der Waals surface area contributed by atoms with Crippen LogP contribution in [0.4, 0.5) is 0 Å². The standard InChI is InChI=1S/C23H48N2O3.NO3/c1-4-6-7-8-9-10-11-12-13-14-15-16-17-18-19-20-23(26)24-22(3)25(27,28)21-5-2;2-1(3)4/h22,27-28H,4-21H2,1-3H3;/q;-1/p+1. The molecule has 0 fully saturated rings. The van der Waals surface area contributed by atoms with Crippen LogP contribution in [-0.4, -0.2) is 38.9 Å². The van der Waals surface area contributed by atoms with Crippen LogP contribution in [0, 0.1) is 15.3 Å². The number of quaternary nitrogens is 1. The number of carbonyl (C=O) groups is 1. The second-order valence-corrected chi connectivity index (χ2v) is 8.68. The summed E-state index contributed by atoms with van der Waals surface area (Å²) >= 11 is 0. The highest BCUT2D eigenvalue weighted by molar-refractivity contribution is 5.75. The molecule has 9 heteroatoms. The van der Waals surface area contributed by atoms with Crippen LogP contribution in [-0.2, 0) is 4.79 Å². The smallest absolute Gasteiger partial charge is 0.224 e. The number of nitrogens with zero attached hydrogens (tertiary/aromatic N) is 2. The molecule has 1 amide bonds. The summed E-state index contributed by atoms with van der Waals surface area (Å²) in [6.45, 7) is 5.98. The van der Waals surface area contributed by atoms with Crippen molar-refractivity contribution in [3.8, 4) is 0 Å². The third-order valence-corrected chi connectivity index (χ3v) is 5.55. The van der Waals surface area contributed by atoms with Crippen LogP contribution in [0.25, 0.3) is 0 Å². The van der Waals surface area contributed by atoms with Crippen molar-refractivity contribution in [1.29, 1.82) is 0 Å². The molecule has 0 rings (SSSR count). The molecule has 32 heavy (non-hydrogen) atoms. The summed E-state index contributed by atoms with van der Waals surface area (Å²) in [4.78, 5) is 19.0. The number of rotatable bonds is 20. The monoisotopic (exact) mass is 463 g/mol. The van der Waals surface area contributed by atoms with E-state index in [1.807, 2.05) is 6.92 Å². The van der Waals surface area contributed by atoms with Gasteiger partial charge in [0.25, 0.3) is 0 Å². The summed E-state index contributed by atoms with van der Waals surface area (Å²) < 4.78 is 0. The van der Waals surface area contributed by atoms with Gasteiger partial charge >= 0.3 is 0 Å². The molecule has 0 radical (unpaired) electrons. The van der Waals surface area contributed by atoms with Gasteiger partial charge in [-0.2, -0.15) is 10.4 Å². The number of unbranched alkanes of at least 4 members (excludes halogenated alkanes) is 14. The molecule has 0 aliphatic carbocycles. The molecule has 1 unspecified atom stereocenters. The Morgan fingerprint density at radius 2 is 1.12 bits per heavy atom. The number of amides is 1. The number of hydroxylamine groups is 4. The topological polar surface area (TPSA) is 136 Å². The van der Waals surface area contributed by atoms with E-state index in [1.165, 1.54) is 83.5 Å². The van der Waals surface area contributed by atoms with Gasteiger partial charge in [0.05, 0.1) is 5.09 Å². The first-order chi connectivity index (χ1) is 15.2. The van der Waals surface area contributed by atoms with E-state index in [2.05, 4.69) is 12.2 Å². The maximum atomic E-state index is 11.9. The molecule has 0 aromatic rings. The fourth-order valence-corrected chi connectivity index (χ4v) is 3.59. The molecular weight excluding hydrogens is 414 g/mol. The van der Waals surface area contributed by atoms with Crippen LogP contribution < -0.4 is 5.32 Å². The summed E-state index contributed by atoms with van der Waals surface area (Å²) in [5.41, 5.74) is 0. The molecule has 0 heterocycles. The minimum absolute atomic E-state index is 0.0936. The molecule has 0 aromatic carbocycles. The molecule has 0 saturated carbocycles. The van der Waals surface area contributed by atoms with Crippen LogP contribution in [0.5, 0.6) is 0 Å². The van der Waals surface area contributed by atoms with Gasteiger partial charge in [0.2, 0.25) is 12.1 Å². The number of hydrogen-bond acceptors (Lipinski definition) is 6. The Labute approximate surface area is 194 Å². The molecular formula is C23H49N3O6. The van der Waals surface area contributed by atoms with E-state index in [-0.39, 0.29) is 12.5 Å². The lowest BCUT2D eigenvalue weighted by Gasteiger charge is -2.27. The normalized spacial score (nSPS) is 12.0. The zero-order valence-corrected chi connectivity index (χ0v) is 20.7. The third kappa shape index (κ3) is 24.8. The zero-order chi connectivity index (χ0) is 24.7. The van der Waals surface area contributed by atoms with E-state index in [4.69, 9.17) is 15.3 Å². The van der Waals surface area contributed by atoms with Crippen LogP contribution in [0.2, 0.25) is 0 Å². The second-order valence-electron chi connectivity index (χ2n) is 8.68.